The van der Waals surface area contributed by atoms with E-state index in [1.807, 2.05) is 24.0 Å². The first-order valence-corrected chi connectivity index (χ1v) is 10.4. The summed E-state index contributed by atoms with van der Waals surface area (Å²) in [6, 6.07) is 17.0. The van der Waals surface area contributed by atoms with E-state index < -0.39 is 0 Å². The smallest absolute Gasteiger partial charge is 0.226 e. The predicted molar refractivity (Wildman–Crippen MR) is 115 cm³/mol. The van der Waals surface area contributed by atoms with Gasteiger partial charge in [0.1, 0.15) is 5.75 Å². The summed E-state index contributed by atoms with van der Waals surface area (Å²) in [5.74, 6) is 1.16. The summed E-state index contributed by atoms with van der Waals surface area (Å²) in [5.41, 5.74) is 3.56. The summed E-state index contributed by atoms with van der Waals surface area (Å²) in [7, 11) is 1.73. The van der Waals surface area contributed by atoms with Crippen LogP contribution in [-0.4, -0.2) is 37.0 Å². The molecule has 4 nitrogen and oxygen atoms in total. The number of hydrogen-bond donors (Lipinski definition) is 0. The van der Waals surface area contributed by atoms with Gasteiger partial charge in [0.25, 0.3) is 0 Å². The monoisotopic (exact) mass is 380 g/mol. The molecule has 3 rings (SSSR count). The van der Waals surface area contributed by atoms with Crippen LogP contribution in [0.15, 0.2) is 48.5 Å². The van der Waals surface area contributed by atoms with E-state index in [0.717, 1.165) is 50.3 Å². The quantitative estimate of drug-likeness (QED) is 0.700. The molecule has 1 aliphatic heterocycles. The molecule has 1 aliphatic rings. The molecule has 1 fully saturated rings. The van der Waals surface area contributed by atoms with E-state index in [0.29, 0.717) is 6.42 Å². The highest BCUT2D eigenvalue weighted by molar-refractivity contribution is 5.93. The van der Waals surface area contributed by atoms with Gasteiger partial charge in [-0.25, -0.2) is 0 Å². The Morgan fingerprint density at radius 1 is 1.07 bits per heavy atom. The van der Waals surface area contributed by atoms with Crippen molar-refractivity contribution in [2.45, 2.75) is 52.1 Å². The van der Waals surface area contributed by atoms with E-state index in [1.165, 1.54) is 11.1 Å². The van der Waals surface area contributed by atoms with Crippen molar-refractivity contribution < 1.29 is 9.53 Å². The van der Waals surface area contributed by atoms with E-state index in [1.54, 1.807) is 7.11 Å². The number of likely N-dealkylation sites (tertiary alicyclic amines) is 1. The van der Waals surface area contributed by atoms with Crippen LogP contribution in [0.1, 0.15) is 44.2 Å². The van der Waals surface area contributed by atoms with Crippen molar-refractivity contribution in [3.8, 4) is 5.75 Å². The van der Waals surface area contributed by atoms with Crippen molar-refractivity contribution in [1.82, 2.24) is 4.90 Å². The number of amides is 1. The summed E-state index contributed by atoms with van der Waals surface area (Å²) >= 11 is 0. The second-order valence-electron chi connectivity index (χ2n) is 7.46. The molecule has 28 heavy (non-hydrogen) atoms. The lowest BCUT2D eigenvalue weighted by atomic mass is 10.0. The highest BCUT2D eigenvalue weighted by Gasteiger charge is 2.28. The minimum absolute atomic E-state index is 0.215. The number of nitrogens with zero attached hydrogens (tertiary/aromatic N) is 2. The van der Waals surface area contributed by atoms with E-state index in [9.17, 15) is 4.79 Å². The van der Waals surface area contributed by atoms with Gasteiger partial charge in [0, 0.05) is 43.3 Å². The molecule has 1 saturated heterocycles. The number of para-hydroxylation sites is 1. The average molecular weight is 381 g/mol. The standard InChI is InChI=1S/C24H32N2O2/c1-4-19-10-12-21(13-11-19)26(24(27)5-2)22-14-16-25(17-15-22)18-20-8-6-7-9-23(20)28-3/h6-13,22H,4-5,14-18H2,1-3H3. The Labute approximate surface area is 169 Å². The largest absolute Gasteiger partial charge is 0.496 e. The van der Waals surface area contributed by atoms with Crippen LogP contribution in [0.3, 0.4) is 0 Å². The van der Waals surface area contributed by atoms with Gasteiger partial charge in [0.05, 0.1) is 7.11 Å². The Hall–Kier alpha value is -2.33. The number of aryl methyl sites for hydroxylation is 1. The fourth-order valence-electron chi connectivity index (χ4n) is 4.03. The molecule has 150 valence electrons. The van der Waals surface area contributed by atoms with Crippen molar-refractivity contribution in [2.24, 2.45) is 0 Å². The number of ether oxygens (including phenoxy) is 1. The first-order chi connectivity index (χ1) is 13.7. The van der Waals surface area contributed by atoms with Gasteiger partial charge in [0.15, 0.2) is 0 Å². The number of rotatable bonds is 7. The third kappa shape index (κ3) is 4.74. The fourth-order valence-corrected chi connectivity index (χ4v) is 4.03. The van der Waals surface area contributed by atoms with Crippen molar-refractivity contribution in [1.29, 1.82) is 0 Å². The average Bonchev–Trinajstić information content (AvgIpc) is 2.75. The fraction of sp³-hybridized carbons (Fsp3) is 0.458. The maximum absolute atomic E-state index is 12.7. The van der Waals surface area contributed by atoms with Gasteiger partial charge < -0.3 is 9.64 Å². The Morgan fingerprint density at radius 3 is 2.36 bits per heavy atom. The molecule has 0 spiro atoms. The van der Waals surface area contributed by atoms with Crippen LogP contribution < -0.4 is 9.64 Å². The van der Waals surface area contributed by atoms with Crippen LogP contribution in [0, 0.1) is 0 Å². The van der Waals surface area contributed by atoms with Crippen molar-refractivity contribution in [3.63, 3.8) is 0 Å². The lowest BCUT2D eigenvalue weighted by Crippen LogP contribution is -2.47. The van der Waals surface area contributed by atoms with Gasteiger partial charge in [-0.3, -0.25) is 9.69 Å². The van der Waals surface area contributed by atoms with Gasteiger partial charge >= 0.3 is 0 Å². The molecule has 0 atom stereocenters. The van der Waals surface area contributed by atoms with Gasteiger partial charge in [-0.15, -0.1) is 0 Å². The summed E-state index contributed by atoms with van der Waals surface area (Å²) in [6.07, 6.45) is 3.55. The zero-order valence-electron chi connectivity index (χ0n) is 17.4. The molecule has 0 aliphatic carbocycles. The minimum Gasteiger partial charge on any atom is -0.496 e. The first-order valence-electron chi connectivity index (χ1n) is 10.4. The molecular weight excluding hydrogens is 348 g/mol. The van der Waals surface area contributed by atoms with Gasteiger partial charge in [-0.2, -0.15) is 0 Å². The van der Waals surface area contributed by atoms with E-state index >= 15 is 0 Å². The zero-order valence-corrected chi connectivity index (χ0v) is 17.4. The third-order valence-electron chi connectivity index (χ3n) is 5.70. The van der Waals surface area contributed by atoms with Crippen LogP contribution >= 0.6 is 0 Å². The maximum atomic E-state index is 12.7. The molecule has 0 N–H and O–H groups in total. The molecule has 4 heteroatoms. The zero-order chi connectivity index (χ0) is 19.9. The van der Waals surface area contributed by atoms with Crippen molar-refractivity contribution in [2.75, 3.05) is 25.1 Å². The van der Waals surface area contributed by atoms with Gasteiger partial charge in [0.2, 0.25) is 5.91 Å². The number of hydrogen-bond acceptors (Lipinski definition) is 3. The Morgan fingerprint density at radius 2 is 1.75 bits per heavy atom. The van der Waals surface area contributed by atoms with Crippen molar-refractivity contribution >= 4 is 11.6 Å². The van der Waals surface area contributed by atoms with E-state index in [2.05, 4.69) is 48.2 Å². The molecule has 0 unspecified atom stereocenters. The number of anilines is 1. The Bertz CT molecular complexity index is 764. The van der Waals surface area contributed by atoms with Crippen LogP contribution in [0.2, 0.25) is 0 Å². The molecular formula is C24H32N2O2. The summed E-state index contributed by atoms with van der Waals surface area (Å²) in [5, 5.41) is 0. The second-order valence-corrected chi connectivity index (χ2v) is 7.46. The first kappa shape index (κ1) is 20.4. The highest BCUT2D eigenvalue weighted by atomic mass is 16.5. The van der Waals surface area contributed by atoms with Gasteiger partial charge in [-0.1, -0.05) is 44.2 Å². The number of carbonyl (C=O) groups is 1. The molecule has 0 bridgehead atoms. The number of piperidine rings is 1. The molecule has 0 radical (unpaired) electrons. The topological polar surface area (TPSA) is 32.8 Å². The van der Waals surface area contributed by atoms with E-state index in [-0.39, 0.29) is 11.9 Å². The van der Waals surface area contributed by atoms with Crippen molar-refractivity contribution in [3.05, 3.63) is 59.7 Å². The Balaban J connectivity index is 1.67. The molecule has 1 amide bonds. The lowest BCUT2D eigenvalue weighted by molar-refractivity contribution is -0.119. The van der Waals surface area contributed by atoms with Gasteiger partial charge in [-0.05, 0) is 43.0 Å². The highest BCUT2D eigenvalue weighted by Crippen LogP contribution is 2.27. The van der Waals surface area contributed by atoms with Crippen LogP contribution in [0.25, 0.3) is 0 Å². The predicted octanol–water partition coefficient (Wildman–Crippen LogP) is 4.67. The molecule has 2 aromatic carbocycles. The molecule has 2 aromatic rings. The van der Waals surface area contributed by atoms with Crippen LogP contribution in [0.4, 0.5) is 5.69 Å². The normalized spacial score (nSPS) is 15.4. The number of methoxy groups -OCH3 is 1. The second kappa shape index (κ2) is 9.74. The molecule has 0 saturated carbocycles. The minimum atomic E-state index is 0.215. The lowest BCUT2D eigenvalue weighted by Gasteiger charge is -2.38. The third-order valence-corrected chi connectivity index (χ3v) is 5.70. The SMILES string of the molecule is CCC(=O)N(c1ccc(CC)cc1)C1CCN(Cc2ccccc2OC)CC1. The van der Waals surface area contributed by atoms with E-state index in [4.69, 9.17) is 4.74 Å². The Kier molecular flexibility index (Phi) is 7.10. The summed E-state index contributed by atoms with van der Waals surface area (Å²) < 4.78 is 5.49. The maximum Gasteiger partial charge on any atom is 0.226 e. The van der Waals surface area contributed by atoms with Crippen LogP contribution in [0.5, 0.6) is 5.75 Å². The number of carbonyl (C=O) groups excluding carboxylic acids is 1. The number of benzene rings is 2. The molecule has 1 heterocycles. The van der Waals surface area contributed by atoms with Crippen LogP contribution in [-0.2, 0) is 17.8 Å². The summed E-state index contributed by atoms with van der Waals surface area (Å²) in [6.45, 7) is 6.98. The molecule has 0 aromatic heterocycles. The summed E-state index contributed by atoms with van der Waals surface area (Å²) in [4.78, 5) is 17.2.